The van der Waals surface area contributed by atoms with Crippen LogP contribution in [0.5, 0.6) is 0 Å². The predicted molar refractivity (Wildman–Crippen MR) is 153 cm³/mol. The van der Waals surface area contributed by atoms with E-state index < -0.39 is 41.0 Å². The number of ether oxygens (including phenoxy) is 1. The maximum atomic E-state index is 13.9. The first-order valence-corrected chi connectivity index (χ1v) is 14.2. The lowest BCUT2D eigenvalue weighted by Gasteiger charge is -2.43. The topological polar surface area (TPSA) is 90.8 Å². The molecule has 1 fully saturated rings. The summed E-state index contributed by atoms with van der Waals surface area (Å²) in [5.74, 6) is -1.22. The van der Waals surface area contributed by atoms with Crippen LogP contribution in [0.4, 0.5) is 13.6 Å². The Morgan fingerprint density at radius 1 is 1.05 bits per heavy atom. The van der Waals surface area contributed by atoms with Crippen LogP contribution in [0.25, 0.3) is 0 Å². The fraction of sp³-hybridized carbons (Fsp3) is 0.594. The number of carbonyl (C=O) groups excluding carboxylic acids is 1. The summed E-state index contributed by atoms with van der Waals surface area (Å²) in [5.41, 5.74) is 1.41. The van der Waals surface area contributed by atoms with E-state index in [0.29, 0.717) is 5.56 Å². The van der Waals surface area contributed by atoms with Gasteiger partial charge in [0.25, 0.3) is 0 Å². The number of hydrogen-bond acceptors (Lipinski definition) is 5. The number of carbonyl (C=O) groups is 1. The van der Waals surface area contributed by atoms with Crippen molar-refractivity contribution in [3.05, 3.63) is 70.8 Å². The third-order valence-corrected chi connectivity index (χ3v) is 7.69. The molecule has 2 aromatic rings. The molecule has 0 bridgehead atoms. The molecule has 1 aliphatic carbocycles. The van der Waals surface area contributed by atoms with E-state index in [2.05, 4.69) is 55.7 Å². The van der Waals surface area contributed by atoms with Crippen molar-refractivity contribution in [3.8, 4) is 0 Å². The Bertz CT molecular complexity index is 1110. The van der Waals surface area contributed by atoms with E-state index in [9.17, 15) is 23.8 Å². The van der Waals surface area contributed by atoms with Crippen molar-refractivity contribution in [2.45, 2.75) is 102 Å². The van der Waals surface area contributed by atoms with Crippen LogP contribution in [-0.2, 0) is 22.1 Å². The Morgan fingerprint density at radius 3 is 2.23 bits per heavy atom. The molecule has 1 aliphatic rings. The molecule has 6 nitrogen and oxygen atoms in total. The molecule has 0 aliphatic heterocycles. The number of hydrogen-bond donors (Lipinski definition) is 4. The molecule has 222 valence electrons. The van der Waals surface area contributed by atoms with Crippen molar-refractivity contribution >= 4 is 6.09 Å². The van der Waals surface area contributed by atoms with E-state index in [4.69, 9.17) is 4.74 Å². The number of alkyl carbamates (subject to hydrolysis) is 1. The highest BCUT2D eigenvalue weighted by Gasteiger charge is 2.38. The number of nitrogens with one attached hydrogen (secondary N) is 2. The van der Waals surface area contributed by atoms with Gasteiger partial charge < -0.3 is 25.6 Å². The molecule has 40 heavy (non-hydrogen) atoms. The van der Waals surface area contributed by atoms with Gasteiger partial charge in [0.15, 0.2) is 0 Å². The molecular weight excluding hydrogens is 514 g/mol. The number of aliphatic hydroxyl groups excluding tert-OH is 2. The van der Waals surface area contributed by atoms with Gasteiger partial charge >= 0.3 is 6.09 Å². The minimum atomic E-state index is -1.09. The van der Waals surface area contributed by atoms with Crippen LogP contribution in [0, 0.1) is 17.6 Å². The van der Waals surface area contributed by atoms with Crippen molar-refractivity contribution in [2.75, 3.05) is 13.2 Å². The Labute approximate surface area is 237 Å². The lowest BCUT2D eigenvalue weighted by molar-refractivity contribution is 0.0402. The summed E-state index contributed by atoms with van der Waals surface area (Å²) < 4.78 is 33.3. The van der Waals surface area contributed by atoms with Crippen molar-refractivity contribution in [1.82, 2.24) is 10.6 Å². The third kappa shape index (κ3) is 8.98. The minimum absolute atomic E-state index is 0.00979. The number of halogens is 2. The van der Waals surface area contributed by atoms with Gasteiger partial charge in [0, 0.05) is 24.8 Å². The second-order valence-electron chi connectivity index (χ2n) is 13.2. The summed E-state index contributed by atoms with van der Waals surface area (Å²) in [6.07, 6.45) is 1.43. The first-order chi connectivity index (χ1) is 18.6. The van der Waals surface area contributed by atoms with Gasteiger partial charge in [0.1, 0.15) is 17.2 Å². The summed E-state index contributed by atoms with van der Waals surface area (Å²) in [6.45, 7) is 12.0. The molecule has 0 heterocycles. The number of rotatable bonds is 9. The largest absolute Gasteiger partial charge is 0.444 e. The second kappa shape index (κ2) is 13.0. The summed E-state index contributed by atoms with van der Waals surface area (Å²) in [4.78, 5) is 12.7. The maximum Gasteiger partial charge on any atom is 0.407 e. The molecule has 3 rings (SSSR count). The fourth-order valence-electron chi connectivity index (χ4n) is 5.37. The monoisotopic (exact) mass is 560 g/mol. The lowest BCUT2D eigenvalue weighted by atomic mass is 9.71. The molecule has 4 N–H and O–H groups in total. The van der Waals surface area contributed by atoms with Crippen molar-refractivity contribution in [1.29, 1.82) is 0 Å². The first-order valence-electron chi connectivity index (χ1n) is 14.2. The minimum Gasteiger partial charge on any atom is -0.444 e. The number of aliphatic hydroxyl groups is 2. The maximum absolute atomic E-state index is 13.9. The molecule has 0 saturated heterocycles. The summed E-state index contributed by atoms with van der Waals surface area (Å²) >= 11 is 0. The Balaban J connectivity index is 1.86. The van der Waals surface area contributed by atoms with Gasteiger partial charge in [-0.25, -0.2) is 13.6 Å². The van der Waals surface area contributed by atoms with Gasteiger partial charge in [-0.1, -0.05) is 45.0 Å². The fourth-order valence-corrected chi connectivity index (χ4v) is 5.37. The van der Waals surface area contributed by atoms with Crippen molar-refractivity contribution < 1.29 is 28.5 Å². The average Bonchev–Trinajstić information content (AvgIpc) is 2.85. The Hall–Kier alpha value is -2.55. The van der Waals surface area contributed by atoms with Crippen LogP contribution in [0.1, 0.15) is 83.9 Å². The highest BCUT2D eigenvalue weighted by atomic mass is 19.1. The van der Waals surface area contributed by atoms with E-state index >= 15 is 0 Å². The van der Waals surface area contributed by atoms with Gasteiger partial charge in [-0.05, 0) is 93.0 Å². The van der Waals surface area contributed by atoms with Crippen LogP contribution in [0.15, 0.2) is 42.5 Å². The van der Waals surface area contributed by atoms with Gasteiger partial charge in [-0.2, -0.15) is 0 Å². The standard InChI is InChI=1S/C32H46F2N2O4/c1-30(2,3)23-8-7-9-24(17-23)32(12-10-21(20-37)11-13-32)35-19-28(38)27(36-29(39)40-31(4,5)6)16-22-14-25(33)18-26(34)15-22/h7-9,14-15,17-18,21,27-28,35,37-38H,10-13,16,19-20H2,1-6H3,(H,36,39). The van der Waals surface area contributed by atoms with Crippen molar-refractivity contribution in [3.63, 3.8) is 0 Å². The van der Waals surface area contributed by atoms with E-state index in [-0.39, 0.29) is 30.9 Å². The molecular formula is C32H46F2N2O4. The lowest BCUT2D eigenvalue weighted by Crippen LogP contribution is -2.54. The SMILES string of the molecule is CC(C)(C)OC(=O)NC(Cc1cc(F)cc(F)c1)C(O)CNC1(c2cccc(C(C)(C)C)c2)CCC(CO)CC1. The molecule has 8 heteroatoms. The third-order valence-electron chi connectivity index (χ3n) is 7.69. The Kier molecular flexibility index (Phi) is 10.4. The highest BCUT2D eigenvalue weighted by molar-refractivity contribution is 5.68. The summed E-state index contributed by atoms with van der Waals surface area (Å²) in [5, 5.41) is 27.5. The molecule has 0 aromatic heterocycles. The van der Waals surface area contributed by atoms with Gasteiger partial charge in [-0.3, -0.25) is 0 Å². The average molecular weight is 561 g/mol. The quantitative estimate of drug-likeness (QED) is 0.315. The summed E-state index contributed by atoms with van der Waals surface area (Å²) in [6, 6.07) is 10.8. The number of benzene rings is 2. The number of amides is 1. The smallest absolute Gasteiger partial charge is 0.407 e. The summed E-state index contributed by atoms with van der Waals surface area (Å²) in [7, 11) is 0. The second-order valence-corrected chi connectivity index (χ2v) is 13.2. The van der Waals surface area contributed by atoms with Gasteiger partial charge in [-0.15, -0.1) is 0 Å². The zero-order valence-electron chi connectivity index (χ0n) is 24.7. The van der Waals surface area contributed by atoms with E-state index in [1.54, 1.807) is 20.8 Å². The molecule has 0 radical (unpaired) electrons. The van der Waals surface area contributed by atoms with Gasteiger partial charge in [0.2, 0.25) is 0 Å². The first kappa shape index (κ1) is 32.0. The van der Waals surface area contributed by atoms with Crippen LogP contribution in [0.3, 0.4) is 0 Å². The molecule has 2 aromatic carbocycles. The van der Waals surface area contributed by atoms with Crippen LogP contribution < -0.4 is 10.6 Å². The zero-order chi connectivity index (χ0) is 29.7. The Morgan fingerprint density at radius 2 is 1.68 bits per heavy atom. The highest BCUT2D eigenvalue weighted by Crippen LogP contribution is 2.40. The van der Waals surface area contributed by atoms with Gasteiger partial charge in [0.05, 0.1) is 12.1 Å². The molecule has 1 amide bonds. The molecule has 2 unspecified atom stereocenters. The predicted octanol–water partition coefficient (Wildman–Crippen LogP) is 5.73. The van der Waals surface area contributed by atoms with E-state index in [1.165, 1.54) is 17.7 Å². The molecule has 2 atom stereocenters. The van der Waals surface area contributed by atoms with Crippen LogP contribution in [-0.4, -0.2) is 47.2 Å². The molecule has 1 saturated carbocycles. The zero-order valence-corrected chi connectivity index (χ0v) is 24.7. The van der Waals surface area contributed by atoms with Crippen LogP contribution >= 0.6 is 0 Å². The van der Waals surface area contributed by atoms with Crippen LogP contribution in [0.2, 0.25) is 0 Å². The van der Waals surface area contributed by atoms with Crippen molar-refractivity contribution in [2.24, 2.45) is 5.92 Å². The van der Waals surface area contributed by atoms with E-state index in [1.807, 2.05) is 0 Å². The normalized spacial score (nSPS) is 21.5. The molecule has 0 spiro atoms. The van der Waals surface area contributed by atoms with E-state index in [0.717, 1.165) is 37.3 Å².